The van der Waals surface area contributed by atoms with Crippen LogP contribution in [0.25, 0.3) is 11.3 Å². The van der Waals surface area contributed by atoms with Crippen LogP contribution >= 0.6 is 0 Å². The molecule has 0 bridgehead atoms. The van der Waals surface area contributed by atoms with Crippen molar-refractivity contribution in [3.63, 3.8) is 0 Å². The smallest absolute Gasteiger partial charge is 0.339 e. The van der Waals surface area contributed by atoms with Crippen molar-refractivity contribution in [3.05, 3.63) is 81.6 Å². The van der Waals surface area contributed by atoms with Gasteiger partial charge in [0.15, 0.2) is 5.76 Å². The minimum Gasteiger partial charge on any atom is -0.465 e. The van der Waals surface area contributed by atoms with E-state index < -0.39 is 22.8 Å². The van der Waals surface area contributed by atoms with Crippen molar-refractivity contribution < 1.29 is 33.2 Å². The first-order valence-corrected chi connectivity index (χ1v) is 8.80. The minimum atomic E-state index is -0.719. The van der Waals surface area contributed by atoms with Crippen LogP contribution in [0.5, 0.6) is 0 Å². The van der Waals surface area contributed by atoms with Gasteiger partial charge in [-0.3, -0.25) is 14.9 Å². The van der Waals surface area contributed by atoms with E-state index in [9.17, 15) is 24.5 Å². The third-order valence-corrected chi connectivity index (χ3v) is 4.27. The van der Waals surface area contributed by atoms with Gasteiger partial charge in [-0.15, -0.1) is 0 Å². The number of nitro benzene ring substituents is 1. The highest BCUT2D eigenvalue weighted by Crippen LogP contribution is 2.27. The molecule has 3 rings (SSSR count). The summed E-state index contributed by atoms with van der Waals surface area (Å²) < 4.78 is 14.9. The van der Waals surface area contributed by atoms with E-state index in [1.165, 1.54) is 62.8 Å². The fraction of sp³-hybridized carbons (Fsp3) is 0.0952. The van der Waals surface area contributed by atoms with Gasteiger partial charge in [0.2, 0.25) is 0 Å². The molecule has 0 aliphatic heterocycles. The Morgan fingerprint density at radius 2 is 1.71 bits per heavy atom. The Hall–Kier alpha value is -4.47. The van der Waals surface area contributed by atoms with Gasteiger partial charge in [-0.25, -0.2) is 9.59 Å². The number of methoxy groups -OCH3 is 2. The van der Waals surface area contributed by atoms with Gasteiger partial charge in [-0.05, 0) is 30.3 Å². The number of nitrogens with one attached hydrogen (secondary N) is 1. The van der Waals surface area contributed by atoms with Crippen molar-refractivity contribution in [2.45, 2.75) is 0 Å². The van der Waals surface area contributed by atoms with Gasteiger partial charge in [-0.2, -0.15) is 0 Å². The number of rotatable bonds is 6. The number of hydrogen-bond acceptors (Lipinski definition) is 8. The maximum atomic E-state index is 12.7. The molecule has 1 N–H and O–H groups in total. The Bertz CT molecular complexity index is 1180. The third kappa shape index (κ3) is 4.58. The quantitative estimate of drug-likeness (QED) is 0.359. The van der Waals surface area contributed by atoms with E-state index in [0.717, 1.165) is 0 Å². The molecule has 2 aromatic carbocycles. The average molecular weight is 424 g/mol. The first-order valence-electron chi connectivity index (χ1n) is 8.80. The van der Waals surface area contributed by atoms with E-state index in [4.69, 9.17) is 9.15 Å². The van der Waals surface area contributed by atoms with Crippen LogP contribution in [0, 0.1) is 10.1 Å². The number of amides is 1. The number of ether oxygens (including phenoxy) is 2. The maximum Gasteiger partial charge on any atom is 0.339 e. The molecular weight excluding hydrogens is 408 g/mol. The van der Waals surface area contributed by atoms with Gasteiger partial charge < -0.3 is 19.2 Å². The second kappa shape index (κ2) is 8.91. The average Bonchev–Trinajstić information content (AvgIpc) is 3.28. The third-order valence-electron chi connectivity index (χ3n) is 4.27. The number of esters is 2. The number of furan rings is 1. The predicted octanol–water partition coefficient (Wildman–Crippen LogP) is 3.68. The molecule has 1 aromatic heterocycles. The molecule has 3 aromatic rings. The monoisotopic (exact) mass is 424 g/mol. The molecule has 158 valence electrons. The van der Waals surface area contributed by atoms with E-state index in [1.807, 2.05) is 0 Å². The zero-order valence-corrected chi connectivity index (χ0v) is 16.4. The number of non-ortho nitro benzene ring substituents is 1. The Morgan fingerprint density at radius 1 is 0.968 bits per heavy atom. The number of nitrogens with zero attached hydrogens (tertiary/aromatic N) is 1. The standard InChI is InChI=1S/C21H16N2O8/c1-29-20(25)13-6-7-15(21(26)30-2)16(11-13)22-19(24)18-9-8-17(31-18)12-4-3-5-14(10-12)23(27)28/h3-11H,1-2H3,(H,22,24). The van der Waals surface area contributed by atoms with Crippen LogP contribution in [0.15, 0.2) is 59.0 Å². The lowest BCUT2D eigenvalue weighted by molar-refractivity contribution is -0.384. The van der Waals surface area contributed by atoms with Crippen molar-refractivity contribution in [1.29, 1.82) is 0 Å². The number of carbonyl (C=O) groups is 3. The van der Waals surface area contributed by atoms with Crippen molar-refractivity contribution in [2.24, 2.45) is 0 Å². The molecule has 0 spiro atoms. The fourth-order valence-electron chi connectivity index (χ4n) is 2.75. The van der Waals surface area contributed by atoms with Crippen molar-refractivity contribution in [1.82, 2.24) is 0 Å². The summed E-state index contributed by atoms with van der Waals surface area (Å²) in [6, 6.07) is 12.6. The summed E-state index contributed by atoms with van der Waals surface area (Å²) in [5.74, 6) is -1.95. The minimum absolute atomic E-state index is 0.0213. The van der Waals surface area contributed by atoms with Gasteiger partial charge in [0.05, 0.1) is 36.0 Å². The summed E-state index contributed by atoms with van der Waals surface area (Å²) in [6.45, 7) is 0. The lowest BCUT2D eigenvalue weighted by Gasteiger charge is -2.10. The van der Waals surface area contributed by atoms with E-state index >= 15 is 0 Å². The topological polar surface area (TPSA) is 138 Å². The Balaban J connectivity index is 1.90. The summed E-state index contributed by atoms with van der Waals surface area (Å²) in [5, 5.41) is 13.5. The Labute approximate surface area is 175 Å². The Kier molecular flexibility index (Phi) is 6.10. The molecule has 0 fully saturated rings. The summed E-state index contributed by atoms with van der Waals surface area (Å²) >= 11 is 0. The molecule has 31 heavy (non-hydrogen) atoms. The van der Waals surface area contributed by atoms with E-state index in [0.29, 0.717) is 5.56 Å². The van der Waals surface area contributed by atoms with Gasteiger partial charge >= 0.3 is 11.9 Å². The molecule has 0 aliphatic carbocycles. The number of anilines is 1. The van der Waals surface area contributed by atoms with Crippen LogP contribution < -0.4 is 5.32 Å². The summed E-state index contributed by atoms with van der Waals surface area (Å²) in [5.41, 5.74) is 0.447. The van der Waals surface area contributed by atoms with Crippen LogP contribution in [-0.4, -0.2) is 37.0 Å². The molecule has 10 nitrogen and oxygen atoms in total. The lowest BCUT2D eigenvalue weighted by Crippen LogP contribution is -2.16. The van der Waals surface area contributed by atoms with Gasteiger partial charge in [0.25, 0.3) is 11.6 Å². The molecule has 0 aliphatic rings. The van der Waals surface area contributed by atoms with Crippen LogP contribution in [-0.2, 0) is 9.47 Å². The first kappa shape index (κ1) is 21.2. The maximum absolute atomic E-state index is 12.7. The van der Waals surface area contributed by atoms with Crippen molar-refractivity contribution in [3.8, 4) is 11.3 Å². The molecule has 1 amide bonds. The van der Waals surface area contributed by atoms with Crippen molar-refractivity contribution >= 4 is 29.2 Å². The predicted molar refractivity (Wildman–Crippen MR) is 108 cm³/mol. The largest absolute Gasteiger partial charge is 0.465 e. The van der Waals surface area contributed by atoms with E-state index in [-0.39, 0.29) is 34.0 Å². The van der Waals surface area contributed by atoms with E-state index in [2.05, 4.69) is 10.1 Å². The van der Waals surface area contributed by atoms with Gasteiger partial charge in [-0.1, -0.05) is 12.1 Å². The second-order valence-corrected chi connectivity index (χ2v) is 6.17. The number of hydrogen-bond donors (Lipinski definition) is 1. The van der Waals surface area contributed by atoms with Crippen LogP contribution in [0.4, 0.5) is 11.4 Å². The van der Waals surface area contributed by atoms with Gasteiger partial charge in [0.1, 0.15) is 5.76 Å². The Morgan fingerprint density at radius 3 is 2.39 bits per heavy atom. The molecule has 10 heteroatoms. The van der Waals surface area contributed by atoms with Crippen LogP contribution in [0.3, 0.4) is 0 Å². The number of carbonyl (C=O) groups excluding carboxylic acids is 3. The van der Waals surface area contributed by atoms with Crippen LogP contribution in [0.2, 0.25) is 0 Å². The summed E-state index contributed by atoms with van der Waals surface area (Å²) in [6.07, 6.45) is 0. The molecule has 0 saturated carbocycles. The zero-order valence-electron chi connectivity index (χ0n) is 16.4. The first-order chi connectivity index (χ1) is 14.8. The molecule has 0 unspecified atom stereocenters. The summed E-state index contributed by atoms with van der Waals surface area (Å²) in [4.78, 5) is 46.9. The highest BCUT2D eigenvalue weighted by molar-refractivity contribution is 6.08. The highest BCUT2D eigenvalue weighted by atomic mass is 16.6. The number of nitro groups is 1. The zero-order chi connectivity index (χ0) is 22.5. The fourth-order valence-corrected chi connectivity index (χ4v) is 2.75. The molecular formula is C21H16N2O8. The van der Waals surface area contributed by atoms with Crippen molar-refractivity contribution in [2.75, 3.05) is 19.5 Å². The molecule has 1 heterocycles. The molecule has 0 saturated heterocycles. The van der Waals surface area contributed by atoms with Crippen LogP contribution in [0.1, 0.15) is 31.3 Å². The SMILES string of the molecule is COC(=O)c1ccc(C(=O)OC)c(NC(=O)c2ccc(-c3cccc([N+](=O)[O-])c3)o2)c1. The molecule has 0 radical (unpaired) electrons. The second-order valence-electron chi connectivity index (χ2n) is 6.17. The van der Waals surface area contributed by atoms with Gasteiger partial charge in [0, 0.05) is 17.7 Å². The molecule has 0 atom stereocenters. The van der Waals surface area contributed by atoms with E-state index in [1.54, 1.807) is 6.07 Å². The normalized spacial score (nSPS) is 10.3. The number of benzene rings is 2. The lowest BCUT2D eigenvalue weighted by atomic mass is 10.1. The highest BCUT2D eigenvalue weighted by Gasteiger charge is 2.20. The summed E-state index contributed by atoms with van der Waals surface area (Å²) in [7, 11) is 2.38.